The first-order valence-corrected chi connectivity index (χ1v) is 11.4. The number of aryl methyl sites for hydroxylation is 3. The van der Waals surface area contributed by atoms with Crippen LogP contribution in [0.15, 0.2) is 29.3 Å². The number of carbonyl (C=O) groups is 1. The molecule has 2 heterocycles. The largest absolute Gasteiger partial charge is 0.353 e. The molecule has 2 aromatic rings. The molecule has 8 nitrogen and oxygen atoms in total. The first-order valence-electron chi connectivity index (χ1n) is 9.88. The molecule has 1 amide bonds. The van der Waals surface area contributed by atoms with Crippen LogP contribution in [-0.2, 0) is 10.0 Å². The average molecular weight is 432 g/mol. The molecule has 2 N–H and O–H groups in total. The maximum atomic E-state index is 13.0. The lowest BCUT2D eigenvalue weighted by Crippen LogP contribution is -2.44. The van der Waals surface area contributed by atoms with Gasteiger partial charge in [-0.1, -0.05) is 6.07 Å². The third-order valence-corrected chi connectivity index (χ3v) is 6.78. The molecular weight excluding hydrogens is 402 g/mol. The predicted octanol–water partition coefficient (Wildman–Crippen LogP) is 1.92. The highest BCUT2D eigenvalue weighted by atomic mass is 32.2. The summed E-state index contributed by atoms with van der Waals surface area (Å²) in [4.78, 5) is 21.0. The summed E-state index contributed by atoms with van der Waals surface area (Å²) in [6.45, 7) is 8.67. The van der Waals surface area contributed by atoms with Gasteiger partial charge in [-0.2, -0.15) is 0 Å². The van der Waals surface area contributed by atoms with Gasteiger partial charge in [-0.15, -0.1) is 0 Å². The second-order valence-corrected chi connectivity index (χ2v) is 9.49. The van der Waals surface area contributed by atoms with Gasteiger partial charge in [0.05, 0.1) is 22.3 Å². The number of carbonyl (C=O) groups excluding carboxylic acids is 1. The van der Waals surface area contributed by atoms with Crippen molar-refractivity contribution in [2.24, 2.45) is 0 Å². The maximum Gasteiger partial charge on any atom is 0.262 e. The van der Waals surface area contributed by atoms with Crippen LogP contribution in [0.5, 0.6) is 0 Å². The second-order valence-electron chi connectivity index (χ2n) is 7.84. The quantitative estimate of drug-likeness (QED) is 0.751. The van der Waals surface area contributed by atoms with Crippen LogP contribution in [0.1, 0.15) is 27.0 Å². The molecule has 3 rings (SSSR count). The third-order valence-electron chi connectivity index (χ3n) is 5.25. The zero-order chi connectivity index (χ0) is 22.1. The van der Waals surface area contributed by atoms with Crippen molar-refractivity contribution in [2.45, 2.75) is 25.7 Å². The molecule has 162 valence electrons. The number of hydrogen-bond acceptors (Lipinski definition) is 6. The monoisotopic (exact) mass is 431 g/mol. The molecule has 0 unspecified atom stereocenters. The number of pyridine rings is 1. The van der Waals surface area contributed by atoms with E-state index in [1.807, 2.05) is 24.8 Å². The summed E-state index contributed by atoms with van der Waals surface area (Å²) in [6.07, 6.45) is 1.47. The van der Waals surface area contributed by atoms with Crippen LogP contribution in [-0.4, -0.2) is 64.5 Å². The minimum absolute atomic E-state index is 0.220. The summed E-state index contributed by atoms with van der Waals surface area (Å²) in [5.74, 6) is 0.347. The highest BCUT2D eigenvalue weighted by Crippen LogP contribution is 2.26. The summed E-state index contributed by atoms with van der Waals surface area (Å²) in [6, 6.07) is 5.10. The molecule has 1 aliphatic rings. The van der Waals surface area contributed by atoms with Crippen molar-refractivity contribution in [3.05, 3.63) is 46.6 Å². The molecule has 30 heavy (non-hydrogen) atoms. The molecule has 0 radical (unpaired) electrons. The van der Waals surface area contributed by atoms with Gasteiger partial charge in [-0.3, -0.25) is 9.52 Å². The first-order chi connectivity index (χ1) is 14.1. The Morgan fingerprint density at radius 2 is 1.70 bits per heavy atom. The van der Waals surface area contributed by atoms with Crippen LogP contribution in [0.2, 0.25) is 0 Å². The lowest BCUT2D eigenvalue weighted by atomic mass is 10.1. The van der Waals surface area contributed by atoms with Crippen molar-refractivity contribution in [2.75, 3.05) is 49.9 Å². The van der Waals surface area contributed by atoms with Crippen molar-refractivity contribution < 1.29 is 13.2 Å². The fraction of sp³-hybridized carbons (Fsp3) is 0.429. The third kappa shape index (κ3) is 4.57. The number of piperazine rings is 1. The molecule has 0 spiro atoms. The molecule has 0 atom stereocenters. The second kappa shape index (κ2) is 8.61. The Hall–Kier alpha value is -2.65. The lowest BCUT2D eigenvalue weighted by Gasteiger charge is -2.30. The average Bonchev–Trinajstić information content (AvgIpc) is 2.70. The zero-order valence-electron chi connectivity index (χ0n) is 18.1. The number of sulfonamides is 1. The number of nitrogens with one attached hydrogen (secondary N) is 2. The highest BCUT2D eigenvalue weighted by Gasteiger charge is 2.24. The van der Waals surface area contributed by atoms with E-state index in [4.69, 9.17) is 0 Å². The molecule has 0 bridgehead atoms. The Labute approximate surface area is 178 Å². The fourth-order valence-corrected chi connectivity index (χ4v) is 4.82. The SMILES string of the molecule is Cc1cc(C)c(S(=O)(=O)Nc2cnc(N3CCNCC3)c(C(=O)N(C)C)c2)cc1C. The molecule has 0 saturated carbocycles. The van der Waals surface area contributed by atoms with E-state index in [0.717, 1.165) is 37.3 Å². The Morgan fingerprint density at radius 1 is 1.07 bits per heavy atom. The van der Waals surface area contributed by atoms with Gasteiger partial charge in [-0.05, 0) is 49.6 Å². The Balaban J connectivity index is 1.99. The minimum Gasteiger partial charge on any atom is -0.353 e. The number of amides is 1. The van der Waals surface area contributed by atoms with Crippen molar-refractivity contribution in [3.8, 4) is 0 Å². The van der Waals surface area contributed by atoms with Gasteiger partial charge < -0.3 is 15.1 Å². The first kappa shape index (κ1) is 22.0. The number of aromatic nitrogens is 1. The molecule has 1 fully saturated rings. The lowest BCUT2D eigenvalue weighted by molar-refractivity contribution is 0.0827. The van der Waals surface area contributed by atoms with Gasteiger partial charge >= 0.3 is 0 Å². The van der Waals surface area contributed by atoms with E-state index in [1.165, 1.54) is 11.1 Å². The predicted molar refractivity (Wildman–Crippen MR) is 119 cm³/mol. The Morgan fingerprint density at radius 3 is 2.33 bits per heavy atom. The fourth-order valence-electron chi connectivity index (χ4n) is 3.47. The van der Waals surface area contributed by atoms with E-state index in [0.29, 0.717) is 16.9 Å². The van der Waals surface area contributed by atoms with Crippen molar-refractivity contribution in [1.82, 2.24) is 15.2 Å². The van der Waals surface area contributed by atoms with E-state index in [-0.39, 0.29) is 16.5 Å². The van der Waals surface area contributed by atoms with Crippen LogP contribution in [0.3, 0.4) is 0 Å². The van der Waals surface area contributed by atoms with Crippen LogP contribution < -0.4 is 14.9 Å². The van der Waals surface area contributed by atoms with Crippen molar-refractivity contribution in [1.29, 1.82) is 0 Å². The van der Waals surface area contributed by atoms with E-state index in [9.17, 15) is 13.2 Å². The van der Waals surface area contributed by atoms with Crippen molar-refractivity contribution in [3.63, 3.8) is 0 Å². The maximum absolute atomic E-state index is 13.0. The van der Waals surface area contributed by atoms with Gasteiger partial charge in [0.1, 0.15) is 5.82 Å². The topological polar surface area (TPSA) is 94.6 Å². The summed E-state index contributed by atoms with van der Waals surface area (Å²) >= 11 is 0. The molecule has 0 aliphatic carbocycles. The van der Waals surface area contributed by atoms with Gasteiger partial charge in [0, 0.05) is 40.3 Å². The molecule has 1 saturated heterocycles. The number of rotatable bonds is 5. The van der Waals surface area contributed by atoms with E-state index < -0.39 is 10.0 Å². The Kier molecular flexibility index (Phi) is 6.33. The minimum atomic E-state index is -3.82. The Bertz CT molecular complexity index is 1060. The number of anilines is 2. The van der Waals surface area contributed by atoms with E-state index in [2.05, 4.69) is 15.0 Å². The van der Waals surface area contributed by atoms with Crippen LogP contribution in [0.4, 0.5) is 11.5 Å². The van der Waals surface area contributed by atoms with E-state index >= 15 is 0 Å². The van der Waals surface area contributed by atoms with Gasteiger partial charge in [-0.25, -0.2) is 13.4 Å². The van der Waals surface area contributed by atoms with Gasteiger partial charge in [0.2, 0.25) is 0 Å². The standard InChI is InChI=1S/C21H29N5O3S/c1-14-10-16(3)19(11-15(14)2)30(28,29)24-17-12-18(21(27)25(4)5)20(23-13-17)26-8-6-22-7-9-26/h10-13,22,24H,6-9H2,1-5H3. The van der Waals surface area contributed by atoms with Crippen LogP contribution >= 0.6 is 0 Å². The zero-order valence-corrected chi connectivity index (χ0v) is 18.9. The number of benzene rings is 1. The molecule has 9 heteroatoms. The molecule has 1 aliphatic heterocycles. The summed E-state index contributed by atoms with van der Waals surface area (Å²) in [5, 5.41) is 3.27. The summed E-state index contributed by atoms with van der Waals surface area (Å²) in [7, 11) is -0.491. The van der Waals surface area contributed by atoms with Gasteiger partial charge in [0.25, 0.3) is 15.9 Å². The molecule has 1 aromatic heterocycles. The molecule has 1 aromatic carbocycles. The number of nitrogens with zero attached hydrogens (tertiary/aromatic N) is 3. The smallest absolute Gasteiger partial charge is 0.262 e. The van der Waals surface area contributed by atoms with Crippen molar-refractivity contribution >= 4 is 27.4 Å². The van der Waals surface area contributed by atoms with Crippen LogP contribution in [0, 0.1) is 20.8 Å². The summed E-state index contributed by atoms with van der Waals surface area (Å²) in [5.41, 5.74) is 3.24. The highest BCUT2D eigenvalue weighted by molar-refractivity contribution is 7.92. The van der Waals surface area contributed by atoms with Gasteiger partial charge in [0.15, 0.2) is 0 Å². The van der Waals surface area contributed by atoms with Crippen LogP contribution in [0.25, 0.3) is 0 Å². The molecular formula is C21H29N5O3S. The van der Waals surface area contributed by atoms with E-state index in [1.54, 1.807) is 33.2 Å². The summed E-state index contributed by atoms with van der Waals surface area (Å²) < 4.78 is 28.7. The normalized spacial score (nSPS) is 14.5. The number of hydrogen-bond donors (Lipinski definition) is 2.